The third kappa shape index (κ3) is 3.28. The highest BCUT2D eigenvalue weighted by atomic mass is 16.2. The fourth-order valence-corrected chi connectivity index (χ4v) is 3.50. The molecule has 1 aliphatic rings. The topological polar surface area (TPSA) is 52.2 Å². The molecule has 0 bridgehead atoms. The third-order valence-electron chi connectivity index (χ3n) is 4.86. The fourth-order valence-electron chi connectivity index (χ4n) is 3.50. The van der Waals surface area contributed by atoms with E-state index in [2.05, 4.69) is 46.3 Å². The third-order valence-corrected chi connectivity index (χ3v) is 4.86. The molecular weight excluding hydrogens is 312 g/mol. The van der Waals surface area contributed by atoms with E-state index < -0.39 is 0 Å². The van der Waals surface area contributed by atoms with Crippen LogP contribution < -0.4 is 0 Å². The Kier molecular flexibility index (Phi) is 4.24. The zero-order valence-electron chi connectivity index (χ0n) is 14.4. The number of hydrogen-bond acceptors (Lipinski definition) is 3. The second-order valence-corrected chi connectivity index (χ2v) is 6.70. The number of para-hydroxylation sites is 1. The molecule has 1 aliphatic heterocycles. The van der Waals surface area contributed by atoms with Gasteiger partial charge in [0.25, 0.3) is 5.91 Å². The lowest BCUT2D eigenvalue weighted by molar-refractivity contribution is 0.0630. The normalized spacial score (nSPS) is 15.6. The van der Waals surface area contributed by atoms with Gasteiger partial charge in [0.15, 0.2) is 0 Å². The lowest BCUT2D eigenvalue weighted by Gasteiger charge is -2.35. The average Bonchev–Trinajstić information content (AvgIpc) is 3.10. The van der Waals surface area contributed by atoms with Gasteiger partial charge in [0.05, 0.1) is 17.3 Å². The van der Waals surface area contributed by atoms with Gasteiger partial charge in [-0.25, -0.2) is 0 Å². The van der Waals surface area contributed by atoms with Crippen molar-refractivity contribution < 1.29 is 4.79 Å². The second-order valence-electron chi connectivity index (χ2n) is 6.70. The Bertz CT molecular complexity index is 893. The van der Waals surface area contributed by atoms with E-state index >= 15 is 0 Å². The van der Waals surface area contributed by atoms with E-state index in [9.17, 15) is 4.79 Å². The fraction of sp³-hybridized carbons (Fsp3) is 0.300. The second kappa shape index (κ2) is 6.69. The van der Waals surface area contributed by atoms with E-state index in [1.54, 1.807) is 6.20 Å². The SMILES string of the molecule is Cc1cccc(CN2CCN(C(=O)c3cccc4cn[nH]c34)CC2)c1. The van der Waals surface area contributed by atoms with Crippen molar-refractivity contribution in [2.24, 2.45) is 0 Å². The zero-order valence-corrected chi connectivity index (χ0v) is 14.4. The van der Waals surface area contributed by atoms with Crippen molar-refractivity contribution in [1.82, 2.24) is 20.0 Å². The van der Waals surface area contributed by atoms with Crippen molar-refractivity contribution in [3.8, 4) is 0 Å². The molecule has 0 aliphatic carbocycles. The van der Waals surface area contributed by atoms with Crippen LogP contribution in [0.2, 0.25) is 0 Å². The molecule has 1 amide bonds. The first-order valence-electron chi connectivity index (χ1n) is 8.70. The Morgan fingerprint density at radius 1 is 1.12 bits per heavy atom. The first kappa shape index (κ1) is 15.8. The van der Waals surface area contributed by atoms with Gasteiger partial charge in [0.2, 0.25) is 0 Å². The summed E-state index contributed by atoms with van der Waals surface area (Å²) >= 11 is 0. The summed E-state index contributed by atoms with van der Waals surface area (Å²) in [6, 6.07) is 14.4. The molecular formula is C20H22N4O. The summed E-state index contributed by atoms with van der Waals surface area (Å²) < 4.78 is 0. The standard InChI is InChI=1S/C20H22N4O/c1-15-4-2-5-16(12-15)14-23-8-10-24(11-9-23)20(25)18-7-3-6-17-13-21-22-19(17)18/h2-7,12-13H,8-11,14H2,1H3,(H,21,22). The Morgan fingerprint density at radius 3 is 2.72 bits per heavy atom. The zero-order chi connectivity index (χ0) is 17.2. The van der Waals surface area contributed by atoms with Crippen LogP contribution in [0.5, 0.6) is 0 Å². The maximum Gasteiger partial charge on any atom is 0.256 e. The number of aryl methyl sites for hydroxylation is 1. The van der Waals surface area contributed by atoms with E-state index in [0.717, 1.165) is 43.6 Å². The van der Waals surface area contributed by atoms with Crippen LogP contribution >= 0.6 is 0 Å². The van der Waals surface area contributed by atoms with Gasteiger partial charge >= 0.3 is 0 Å². The number of nitrogens with zero attached hydrogens (tertiary/aromatic N) is 3. The smallest absolute Gasteiger partial charge is 0.256 e. The van der Waals surface area contributed by atoms with Gasteiger partial charge in [-0.15, -0.1) is 0 Å². The number of amides is 1. The summed E-state index contributed by atoms with van der Waals surface area (Å²) in [5.74, 6) is 0.0880. The number of piperazine rings is 1. The summed E-state index contributed by atoms with van der Waals surface area (Å²) in [5.41, 5.74) is 4.16. The van der Waals surface area contributed by atoms with E-state index in [4.69, 9.17) is 0 Å². The van der Waals surface area contributed by atoms with Crippen LogP contribution in [0, 0.1) is 6.92 Å². The Balaban J connectivity index is 1.41. The van der Waals surface area contributed by atoms with Gasteiger partial charge in [-0.2, -0.15) is 5.10 Å². The highest BCUT2D eigenvalue weighted by Gasteiger charge is 2.23. The van der Waals surface area contributed by atoms with Crippen molar-refractivity contribution in [3.05, 3.63) is 65.4 Å². The van der Waals surface area contributed by atoms with Gasteiger partial charge < -0.3 is 4.90 Å². The van der Waals surface area contributed by atoms with Crippen LogP contribution in [0.4, 0.5) is 0 Å². The summed E-state index contributed by atoms with van der Waals surface area (Å²) in [4.78, 5) is 17.2. The first-order chi connectivity index (χ1) is 12.2. The predicted molar refractivity (Wildman–Crippen MR) is 98.5 cm³/mol. The minimum absolute atomic E-state index is 0.0880. The molecule has 128 valence electrons. The molecule has 0 saturated carbocycles. The number of aromatic amines is 1. The maximum absolute atomic E-state index is 12.9. The molecule has 2 aromatic carbocycles. The molecule has 0 spiro atoms. The van der Waals surface area contributed by atoms with Crippen molar-refractivity contribution in [2.75, 3.05) is 26.2 Å². The molecule has 1 fully saturated rings. The number of hydrogen-bond donors (Lipinski definition) is 1. The minimum Gasteiger partial charge on any atom is -0.336 e. The summed E-state index contributed by atoms with van der Waals surface area (Å²) in [7, 11) is 0. The van der Waals surface area contributed by atoms with E-state index in [1.807, 2.05) is 23.1 Å². The van der Waals surface area contributed by atoms with Crippen LogP contribution in [0.25, 0.3) is 10.9 Å². The molecule has 0 unspecified atom stereocenters. The van der Waals surface area contributed by atoms with Gasteiger partial charge in [-0.3, -0.25) is 14.8 Å². The Hall–Kier alpha value is -2.66. The Labute approximate surface area is 147 Å². The van der Waals surface area contributed by atoms with Crippen LogP contribution in [0.3, 0.4) is 0 Å². The molecule has 1 N–H and O–H groups in total. The maximum atomic E-state index is 12.9. The van der Waals surface area contributed by atoms with E-state index in [1.165, 1.54) is 11.1 Å². The van der Waals surface area contributed by atoms with Gasteiger partial charge in [0, 0.05) is 38.1 Å². The molecule has 3 aromatic rings. The number of carbonyl (C=O) groups excluding carboxylic acids is 1. The average molecular weight is 334 g/mol. The van der Waals surface area contributed by atoms with Crippen molar-refractivity contribution in [2.45, 2.75) is 13.5 Å². The van der Waals surface area contributed by atoms with E-state index in [0.29, 0.717) is 5.56 Å². The highest BCUT2D eigenvalue weighted by molar-refractivity contribution is 6.05. The minimum atomic E-state index is 0.0880. The number of H-pyrrole nitrogens is 1. The highest BCUT2D eigenvalue weighted by Crippen LogP contribution is 2.19. The largest absolute Gasteiger partial charge is 0.336 e. The van der Waals surface area contributed by atoms with E-state index in [-0.39, 0.29) is 5.91 Å². The quantitative estimate of drug-likeness (QED) is 0.801. The summed E-state index contributed by atoms with van der Waals surface area (Å²) in [6.07, 6.45) is 1.76. The lowest BCUT2D eigenvalue weighted by Crippen LogP contribution is -2.48. The molecule has 25 heavy (non-hydrogen) atoms. The molecule has 1 aromatic heterocycles. The van der Waals surface area contributed by atoms with Crippen LogP contribution in [-0.2, 0) is 6.54 Å². The van der Waals surface area contributed by atoms with Crippen LogP contribution in [-0.4, -0.2) is 52.1 Å². The molecule has 1 saturated heterocycles. The number of rotatable bonds is 3. The Morgan fingerprint density at radius 2 is 1.92 bits per heavy atom. The van der Waals surface area contributed by atoms with Crippen LogP contribution in [0.15, 0.2) is 48.7 Å². The number of nitrogens with one attached hydrogen (secondary N) is 1. The monoisotopic (exact) mass is 334 g/mol. The molecule has 4 rings (SSSR count). The van der Waals surface area contributed by atoms with Crippen molar-refractivity contribution >= 4 is 16.8 Å². The number of benzene rings is 2. The molecule has 5 nitrogen and oxygen atoms in total. The van der Waals surface area contributed by atoms with Crippen molar-refractivity contribution in [1.29, 1.82) is 0 Å². The number of aromatic nitrogens is 2. The van der Waals surface area contributed by atoms with Gasteiger partial charge in [-0.1, -0.05) is 42.0 Å². The molecule has 2 heterocycles. The van der Waals surface area contributed by atoms with Gasteiger partial charge in [0.1, 0.15) is 0 Å². The number of fused-ring (bicyclic) bond motifs is 1. The number of carbonyl (C=O) groups is 1. The molecule has 0 atom stereocenters. The lowest BCUT2D eigenvalue weighted by atomic mass is 10.1. The summed E-state index contributed by atoms with van der Waals surface area (Å²) in [6.45, 7) is 6.39. The van der Waals surface area contributed by atoms with Crippen molar-refractivity contribution in [3.63, 3.8) is 0 Å². The molecule has 0 radical (unpaired) electrons. The van der Waals surface area contributed by atoms with Crippen LogP contribution in [0.1, 0.15) is 21.5 Å². The molecule has 5 heteroatoms. The van der Waals surface area contributed by atoms with Gasteiger partial charge in [-0.05, 0) is 18.6 Å². The first-order valence-corrected chi connectivity index (χ1v) is 8.70. The summed E-state index contributed by atoms with van der Waals surface area (Å²) in [5, 5.41) is 7.97. The predicted octanol–water partition coefficient (Wildman–Crippen LogP) is 2.83.